The summed E-state index contributed by atoms with van der Waals surface area (Å²) in [5, 5.41) is 13.9. The van der Waals surface area contributed by atoms with E-state index in [4.69, 9.17) is 16.7 Å². The van der Waals surface area contributed by atoms with Crippen LogP contribution < -0.4 is 15.4 Å². The van der Waals surface area contributed by atoms with Gasteiger partial charge in [0, 0.05) is 17.7 Å². The van der Waals surface area contributed by atoms with Gasteiger partial charge in [-0.1, -0.05) is 11.6 Å². The molecule has 0 aliphatic carbocycles. The maximum atomic E-state index is 12.2. The smallest absolute Gasteiger partial charge is 0.422 e. The molecule has 0 heterocycles. The molecule has 0 spiro atoms. The van der Waals surface area contributed by atoms with Crippen molar-refractivity contribution < 1.29 is 27.8 Å². The number of hydrogen-bond acceptors (Lipinski definition) is 3. The molecule has 3 N–H and O–H groups in total. The van der Waals surface area contributed by atoms with Gasteiger partial charge in [-0.3, -0.25) is 0 Å². The second-order valence-corrected chi connectivity index (χ2v) is 4.99. The zero-order valence-electron chi connectivity index (χ0n) is 11.7. The van der Waals surface area contributed by atoms with Gasteiger partial charge in [-0.25, -0.2) is 4.79 Å². The monoisotopic (exact) mass is 340 g/mol. The summed E-state index contributed by atoms with van der Waals surface area (Å²) < 4.78 is 41.2. The van der Waals surface area contributed by atoms with Crippen molar-refractivity contribution in [2.24, 2.45) is 0 Å². The minimum absolute atomic E-state index is 0.0189. The first-order valence-corrected chi connectivity index (χ1v) is 6.76. The Balaban J connectivity index is 2.75. The molecule has 0 saturated carbocycles. The van der Waals surface area contributed by atoms with E-state index in [1.807, 2.05) is 0 Å². The summed E-state index contributed by atoms with van der Waals surface area (Å²) >= 11 is 5.76. The molecular weight excluding hydrogens is 325 g/mol. The first-order chi connectivity index (χ1) is 10.2. The topological polar surface area (TPSA) is 70.6 Å². The molecule has 0 saturated heterocycles. The Morgan fingerprint density at radius 1 is 1.45 bits per heavy atom. The van der Waals surface area contributed by atoms with Gasteiger partial charge in [0.15, 0.2) is 6.61 Å². The molecule has 0 aromatic heterocycles. The van der Waals surface area contributed by atoms with Gasteiger partial charge in [0.05, 0.1) is 5.69 Å². The van der Waals surface area contributed by atoms with Crippen LogP contribution in [0.2, 0.25) is 5.02 Å². The van der Waals surface area contributed by atoms with Crippen molar-refractivity contribution in [2.45, 2.75) is 25.6 Å². The molecule has 1 unspecified atom stereocenters. The van der Waals surface area contributed by atoms with Crippen LogP contribution >= 0.6 is 11.6 Å². The molecular formula is C13H16ClF3N2O3. The first-order valence-electron chi connectivity index (χ1n) is 6.38. The quantitative estimate of drug-likeness (QED) is 0.745. The summed E-state index contributed by atoms with van der Waals surface area (Å²) in [6, 6.07) is 2.93. The number of aliphatic hydroxyl groups is 1. The summed E-state index contributed by atoms with van der Waals surface area (Å²) in [5.74, 6) is -0.147. The third-order valence-corrected chi connectivity index (χ3v) is 2.76. The molecule has 5 nitrogen and oxygen atoms in total. The van der Waals surface area contributed by atoms with Crippen LogP contribution in [0.25, 0.3) is 0 Å². The number of halogens is 4. The molecule has 1 aromatic carbocycles. The van der Waals surface area contributed by atoms with E-state index in [1.165, 1.54) is 18.2 Å². The third-order valence-electron chi connectivity index (χ3n) is 2.52. The van der Waals surface area contributed by atoms with Crippen LogP contribution in [-0.4, -0.2) is 36.6 Å². The molecule has 1 atom stereocenters. The van der Waals surface area contributed by atoms with E-state index in [0.29, 0.717) is 6.42 Å². The number of alkyl halides is 3. The second-order valence-electron chi connectivity index (χ2n) is 4.56. The number of hydrogen-bond donors (Lipinski definition) is 3. The van der Waals surface area contributed by atoms with Gasteiger partial charge in [-0.2, -0.15) is 13.2 Å². The number of anilines is 1. The average molecular weight is 341 g/mol. The SMILES string of the molecule is CC(CCO)NC(=O)Nc1cc(Cl)ccc1OCC(F)(F)F. The summed E-state index contributed by atoms with van der Waals surface area (Å²) in [6.45, 7) is 0.0965. The van der Waals surface area contributed by atoms with E-state index < -0.39 is 18.8 Å². The van der Waals surface area contributed by atoms with Gasteiger partial charge in [-0.15, -0.1) is 0 Å². The summed E-state index contributed by atoms with van der Waals surface area (Å²) in [4.78, 5) is 11.7. The summed E-state index contributed by atoms with van der Waals surface area (Å²) in [7, 11) is 0. The van der Waals surface area contributed by atoms with Crippen LogP contribution in [0.4, 0.5) is 23.7 Å². The van der Waals surface area contributed by atoms with E-state index in [-0.39, 0.29) is 29.1 Å². The van der Waals surface area contributed by atoms with Crippen LogP contribution in [0.15, 0.2) is 18.2 Å². The lowest BCUT2D eigenvalue weighted by atomic mass is 10.2. The van der Waals surface area contributed by atoms with Crippen molar-refractivity contribution in [3.8, 4) is 5.75 Å². The van der Waals surface area contributed by atoms with Gasteiger partial charge in [-0.05, 0) is 31.5 Å². The molecule has 2 amide bonds. The third kappa shape index (κ3) is 6.86. The Kier molecular flexibility index (Phi) is 6.76. The van der Waals surface area contributed by atoms with Crippen LogP contribution in [0.5, 0.6) is 5.75 Å². The van der Waals surface area contributed by atoms with Crippen molar-refractivity contribution in [3.05, 3.63) is 23.2 Å². The molecule has 124 valence electrons. The molecule has 9 heteroatoms. The van der Waals surface area contributed by atoms with Gasteiger partial charge in [0.25, 0.3) is 0 Å². The standard InChI is InChI=1S/C13H16ClF3N2O3/c1-8(4-5-20)18-12(21)19-10-6-9(14)2-3-11(10)22-7-13(15,16)17/h2-3,6,8,20H,4-5,7H2,1H3,(H2,18,19,21). The van der Waals surface area contributed by atoms with E-state index in [2.05, 4.69) is 15.4 Å². The lowest BCUT2D eigenvalue weighted by Gasteiger charge is -2.16. The highest BCUT2D eigenvalue weighted by atomic mass is 35.5. The van der Waals surface area contributed by atoms with Crippen molar-refractivity contribution in [3.63, 3.8) is 0 Å². The molecule has 22 heavy (non-hydrogen) atoms. The molecule has 0 bridgehead atoms. The number of aliphatic hydroxyl groups excluding tert-OH is 1. The fourth-order valence-corrected chi connectivity index (χ4v) is 1.71. The zero-order chi connectivity index (χ0) is 16.8. The van der Waals surface area contributed by atoms with Crippen LogP contribution in [-0.2, 0) is 0 Å². The molecule has 1 aromatic rings. The lowest BCUT2D eigenvalue weighted by Crippen LogP contribution is -2.36. The number of rotatable bonds is 6. The highest BCUT2D eigenvalue weighted by molar-refractivity contribution is 6.31. The van der Waals surface area contributed by atoms with E-state index >= 15 is 0 Å². The second kappa shape index (κ2) is 8.09. The van der Waals surface area contributed by atoms with Crippen LogP contribution in [0.1, 0.15) is 13.3 Å². The normalized spacial score (nSPS) is 12.6. The average Bonchev–Trinajstić information content (AvgIpc) is 2.36. The predicted molar refractivity (Wildman–Crippen MR) is 76.3 cm³/mol. The van der Waals surface area contributed by atoms with Crippen LogP contribution in [0, 0.1) is 0 Å². The summed E-state index contributed by atoms with van der Waals surface area (Å²) in [6.07, 6.45) is -4.14. The highest BCUT2D eigenvalue weighted by Gasteiger charge is 2.29. The fourth-order valence-electron chi connectivity index (χ4n) is 1.53. The van der Waals surface area contributed by atoms with Crippen molar-refractivity contribution in [1.82, 2.24) is 5.32 Å². The van der Waals surface area contributed by atoms with Gasteiger partial charge in [0.2, 0.25) is 0 Å². The number of carbonyl (C=O) groups is 1. The van der Waals surface area contributed by atoms with Gasteiger partial charge >= 0.3 is 12.2 Å². The molecule has 0 aliphatic heterocycles. The minimum Gasteiger partial charge on any atom is -0.482 e. The lowest BCUT2D eigenvalue weighted by molar-refractivity contribution is -0.153. The number of benzene rings is 1. The zero-order valence-corrected chi connectivity index (χ0v) is 12.5. The number of urea groups is 1. The number of carbonyl (C=O) groups excluding carboxylic acids is 1. The maximum absolute atomic E-state index is 12.2. The first kappa shape index (κ1) is 18.4. The van der Waals surface area contributed by atoms with Crippen LogP contribution in [0.3, 0.4) is 0 Å². The number of amides is 2. The van der Waals surface area contributed by atoms with Crippen molar-refractivity contribution in [2.75, 3.05) is 18.5 Å². The summed E-state index contributed by atoms with van der Waals surface area (Å²) in [5.41, 5.74) is 0.0189. The maximum Gasteiger partial charge on any atom is 0.422 e. The highest BCUT2D eigenvalue weighted by Crippen LogP contribution is 2.29. The molecule has 0 aliphatic rings. The largest absolute Gasteiger partial charge is 0.482 e. The van der Waals surface area contributed by atoms with Gasteiger partial charge in [0.1, 0.15) is 5.75 Å². The molecule has 1 rings (SSSR count). The Hall–Kier alpha value is -1.67. The number of nitrogens with one attached hydrogen (secondary N) is 2. The van der Waals surface area contributed by atoms with Crippen molar-refractivity contribution >= 4 is 23.3 Å². The fraction of sp³-hybridized carbons (Fsp3) is 0.462. The number of ether oxygens (including phenoxy) is 1. The Morgan fingerprint density at radius 2 is 2.14 bits per heavy atom. The molecule has 0 fully saturated rings. The van der Waals surface area contributed by atoms with E-state index in [0.717, 1.165) is 0 Å². The minimum atomic E-state index is -4.49. The predicted octanol–water partition coefficient (Wildman–Crippen LogP) is 3.17. The van der Waals surface area contributed by atoms with Gasteiger partial charge < -0.3 is 20.5 Å². The van der Waals surface area contributed by atoms with E-state index in [9.17, 15) is 18.0 Å². The van der Waals surface area contributed by atoms with E-state index in [1.54, 1.807) is 6.92 Å². The Bertz CT molecular complexity index is 512. The molecule has 0 radical (unpaired) electrons. The Labute approximate surface area is 130 Å². The Morgan fingerprint density at radius 3 is 2.73 bits per heavy atom. The van der Waals surface area contributed by atoms with Crippen molar-refractivity contribution in [1.29, 1.82) is 0 Å².